The Morgan fingerprint density at radius 2 is 1.88 bits per heavy atom. The van der Waals surface area contributed by atoms with E-state index in [1.54, 1.807) is 6.20 Å². The second-order valence-corrected chi connectivity index (χ2v) is 3.65. The van der Waals surface area contributed by atoms with E-state index in [0.717, 1.165) is 17.2 Å². The predicted molar refractivity (Wildman–Crippen MR) is 64.2 cm³/mol. The standard InChI is InChI=1S/C12H12N4/c1-15-14-10-6-2-3-7-11(10)16(15)12-8-4-5-9-13-12/h2-9,14H,1H3. The van der Waals surface area contributed by atoms with Crippen molar-refractivity contribution >= 4 is 17.2 Å². The van der Waals surface area contributed by atoms with Gasteiger partial charge in [-0.25, -0.2) is 9.99 Å². The fraction of sp³-hybridized carbons (Fsp3) is 0.0833. The lowest BCUT2D eigenvalue weighted by Gasteiger charge is -2.24. The third-order valence-corrected chi connectivity index (χ3v) is 2.58. The first-order valence-electron chi connectivity index (χ1n) is 5.17. The van der Waals surface area contributed by atoms with E-state index in [4.69, 9.17) is 0 Å². The molecule has 0 fully saturated rings. The SMILES string of the molecule is CN1Nc2ccccc2N1c1ccccn1. The molecule has 0 amide bonds. The maximum Gasteiger partial charge on any atom is 0.149 e. The lowest BCUT2D eigenvalue weighted by Crippen LogP contribution is -2.34. The van der Waals surface area contributed by atoms with Gasteiger partial charge in [-0.3, -0.25) is 5.43 Å². The van der Waals surface area contributed by atoms with Crippen LogP contribution in [0.4, 0.5) is 17.2 Å². The van der Waals surface area contributed by atoms with E-state index in [1.807, 2.05) is 47.5 Å². The van der Waals surface area contributed by atoms with Gasteiger partial charge < -0.3 is 0 Å². The third-order valence-electron chi connectivity index (χ3n) is 2.58. The maximum absolute atomic E-state index is 4.35. The summed E-state index contributed by atoms with van der Waals surface area (Å²) in [6.45, 7) is 0. The van der Waals surface area contributed by atoms with Gasteiger partial charge in [0.2, 0.25) is 0 Å². The van der Waals surface area contributed by atoms with E-state index in [-0.39, 0.29) is 0 Å². The number of aromatic nitrogens is 1. The molecule has 1 N–H and O–H groups in total. The highest BCUT2D eigenvalue weighted by atomic mass is 15.8. The molecule has 80 valence electrons. The van der Waals surface area contributed by atoms with Crippen molar-refractivity contribution in [1.82, 2.24) is 10.1 Å². The number of rotatable bonds is 1. The molecule has 0 unspecified atom stereocenters. The molecule has 2 aromatic rings. The summed E-state index contributed by atoms with van der Waals surface area (Å²) in [5.41, 5.74) is 5.47. The van der Waals surface area contributed by atoms with Crippen LogP contribution in [0.25, 0.3) is 0 Å². The number of pyridine rings is 1. The first-order chi connectivity index (χ1) is 7.86. The van der Waals surface area contributed by atoms with Gasteiger partial charge in [0.25, 0.3) is 0 Å². The van der Waals surface area contributed by atoms with Gasteiger partial charge in [-0.05, 0) is 24.3 Å². The number of nitrogens with one attached hydrogen (secondary N) is 1. The fourth-order valence-corrected chi connectivity index (χ4v) is 1.89. The Kier molecular flexibility index (Phi) is 2.01. The average Bonchev–Trinajstić information content (AvgIpc) is 2.66. The molecule has 1 aromatic carbocycles. The minimum absolute atomic E-state index is 0.905. The Hall–Kier alpha value is -2.07. The Labute approximate surface area is 94.1 Å². The van der Waals surface area contributed by atoms with Gasteiger partial charge >= 0.3 is 0 Å². The van der Waals surface area contributed by atoms with Gasteiger partial charge in [0.15, 0.2) is 0 Å². The molecule has 0 saturated heterocycles. The van der Waals surface area contributed by atoms with Crippen molar-refractivity contribution in [3.63, 3.8) is 0 Å². The highest BCUT2D eigenvalue weighted by Gasteiger charge is 2.25. The predicted octanol–water partition coefficient (Wildman–Crippen LogP) is 2.41. The maximum atomic E-state index is 4.35. The molecular weight excluding hydrogens is 200 g/mol. The smallest absolute Gasteiger partial charge is 0.149 e. The molecule has 1 aliphatic heterocycles. The van der Waals surface area contributed by atoms with Crippen molar-refractivity contribution in [2.24, 2.45) is 0 Å². The largest absolute Gasteiger partial charge is 0.299 e. The molecule has 4 nitrogen and oxygen atoms in total. The average molecular weight is 212 g/mol. The van der Waals surface area contributed by atoms with Gasteiger partial charge in [0.05, 0.1) is 11.4 Å². The number of anilines is 3. The van der Waals surface area contributed by atoms with E-state index in [9.17, 15) is 0 Å². The minimum Gasteiger partial charge on any atom is -0.299 e. The van der Waals surface area contributed by atoms with Gasteiger partial charge in [-0.2, -0.15) is 0 Å². The minimum atomic E-state index is 0.905. The topological polar surface area (TPSA) is 31.4 Å². The van der Waals surface area contributed by atoms with E-state index in [1.165, 1.54) is 0 Å². The van der Waals surface area contributed by atoms with Crippen molar-refractivity contribution in [3.05, 3.63) is 48.7 Å². The molecule has 0 bridgehead atoms. The quantitative estimate of drug-likeness (QED) is 0.786. The van der Waals surface area contributed by atoms with E-state index >= 15 is 0 Å². The van der Waals surface area contributed by atoms with Crippen LogP contribution in [0.15, 0.2) is 48.7 Å². The van der Waals surface area contributed by atoms with Gasteiger partial charge in [0.1, 0.15) is 5.82 Å². The third kappa shape index (κ3) is 1.31. The summed E-state index contributed by atoms with van der Waals surface area (Å²) in [4.78, 5) is 4.35. The van der Waals surface area contributed by atoms with Gasteiger partial charge in [-0.15, -0.1) is 5.12 Å². The van der Waals surface area contributed by atoms with Crippen LogP contribution in [0, 0.1) is 0 Å². The van der Waals surface area contributed by atoms with Crippen LogP contribution in [0.2, 0.25) is 0 Å². The molecule has 1 aromatic heterocycles. The first kappa shape index (κ1) is 9.18. The van der Waals surface area contributed by atoms with Crippen LogP contribution in [0.1, 0.15) is 0 Å². The highest BCUT2D eigenvalue weighted by molar-refractivity contribution is 5.77. The molecule has 1 aliphatic rings. The van der Waals surface area contributed by atoms with Gasteiger partial charge in [-0.1, -0.05) is 18.2 Å². The Morgan fingerprint density at radius 3 is 2.69 bits per heavy atom. The molecule has 0 radical (unpaired) electrons. The molecule has 2 heterocycles. The molecule has 4 heteroatoms. The number of hydrogen-bond acceptors (Lipinski definition) is 4. The number of benzene rings is 1. The Morgan fingerprint density at radius 1 is 1.06 bits per heavy atom. The molecule has 0 atom stereocenters. The molecule has 0 spiro atoms. The van der Waals surface area contributed by atoms with Crippen molar-refractivity contribution in [3.8, 4) is 0 Å². The Bertz CT molecular complexity index is 497. The second-order valence-electron chi connectivity index (χ2n) is 3.65. The lowest BCUT2D eigenvalue weighted by molar-refractivity contribution is 0.429. The summed E-state index contributed by atoms with van der Waals surface area (Å²) in [7, 11) is 1.97. The summed E-state index contributed by atoms with van der Waals surface area (Å²) < 4.78 is 0. The van der Waals surface area contributed by atoms with Crippen LogP contribution in [-0.4, -0.2) is 17.1 Å². The molecular formula is C12H12N4. The van der Waals surface area contributed by atoms with Crippen LogP contribution >= 0.6 is 0 Å². The van der Waals surface area contributed by atoms with E-state index in [2.05, 4.69) is 22.5 Å². The first-order valence-corrected chi connectivity index (χ1v) is 5.17. The monoisotopic (exact) mass is 212 g/mol. The molecule has 0 saturated carbocycles. The highest BCUT2D eigenvalue weighted by Crippen LogP contribution is 2.36. The summed E-state index contributed by atoms with van der Waals surface area (Å²) >= 11 is 0. The number of hydrogen-bond donors (Lipinski definition) is 1. The summed E-state index contributed by atoms with van der Waals surface area (Å²) in [6, 6.07) is 14.0. The molecule has 16 heavy (non-hydrogen) atoms. The van der Waals surface area contributed by atoms with Crippen LogP contribution in [-0.2, 0) is 0 Å². The normalized spacial score (nSPS) is 14.7. The fourth-order valence-electron chi connectivity index (χ4n) is 1.89. The van der Waals surface area contributed by atoms with Crippen LogP contribution in [0.5, 0.6) is 0 Å². The second kappa shape index (κ2) is 3.50. The number of para-hydroxylation sites is 2. The molecule has 3 rings (SSSR count). The van der Waals surface area contributed by atoms with Crippen molar-refractivity contribution in [1.29, 1.82) is 0 Å². The zero-order valence-corrected chi connectivity index (χ0v) is 8.96. The number of hydrazine groups is 2. The van der Waals surface area contributed by atoms with Crippen molar-refractivity contribution < 1.29 is 0 Å². The van der Waals surface area contributed by atoms with Crippen molar-refractivity contribution in [2.75, 3.05) is 17.5 Å². The van der Waals surface area contributed by atoms with Crippen LogP contribution < -0.4 is 10.4 Å². The molecule has 0 aliphatic carbocycles. The summed E-state index contributed by atoms with van der Waals surface area (Å²) in [5, 5.41) is 3.96. The van der Waals surface area contributed by atoms with Crippen molar-refractivity contribution in [2.45, 2.75) is 0 Å². The van der Waals surface area contributed by atoms with Crippen LogP contribution in [0.3, 0.4) is 0 Å². The Balaban J connectivity index is 2.09. The summed E-state index contributed by atoms with van der Waals surface area (Å²) in [6.07, 6.45) is 1.80. The zero-order chi connectivity index (χ0) is 11.0. The van der Waals surface area contributed by atoms with Gasteiger partial charge in [0, 0.05) is 13.2 Å². The number of fused-ring (bicyclic) bond motifs is 1. The number of nitrogens with zero attached hydrogens (tertiary/aromatic N) is 3. The van der Waals surface area contributed by atoms with E-state index in [0.29, 0.717) is 0 Å². The lowest BCUT2D eigenvalue weighted by atomic mass is 10.2. The summed E-state index contributed by atoms with van der Waals surface area (Å²) in [5.74, 6) is 0.905. The van der Waals surface area contributed by atoms with E-state index < -0.39 is 0 Å². The zero-order valence-electron chi connectivity index (χ0n) is 8.96.